The molecule has 1 aromatic carbocycles. The van der Waals surface area contributed by atoms with E-state index in [4.69, 9.17) is 22.9 Å². The number of rotatable bonds is 9. The first kappa shape index (κ1) is 85.6. The molecule has 13 atom stereocenters. The van der Waals surface area contributed by atoms with Gasteiger partial charge < -0.3 is 69.5 Å². The zero-order valence-electron chi connectivity index (χ0n) is 65.5. The first-order chi connectivity index (χ1) is 53.6. The Morgan fingerprint density at radius 3 is 1.00 bits per heavy atom. The van der Waals surface area contributed by atoms with Crippen molar-refractivity contribution in [3.63, 3.8) is 0 Å². The number of pyridine rings is 4. The van der Waals surface area contributed by atoms with Crippen LogP contribution < -0.4 is 54.8 Å². The number of benzene rings is 1. The number of carbonyl (C=O) groups excluding carboxylic acids is 12. The van der Waals surface area contributed by atoms with E-state index in [0.717, 1.165) is 57.0 Å². The van der Waals surface area contributed by atoms with Gasteiger partial charge in [-0.05, 0) is 177 Å². The van der Waals surface area contributed by atoms with Gasteiger partial charge in [0.25, 0.3) is 5.91 Å². The molecule has 5 aromatic rings. The van der Waals surface area contributed by atoms with E-state index in [2.05, 4.69) is 111 Å². The van der Waals surface area contributed by atoms with Crippen molar-refractivity contribution < 1.29 is 57.5 Å². The predicted molar refractivity (Wildman–Crippen MR) is 424 cm³/mol. The maximum absolute atomic E-state index is 12.5. The highest BCUT2D eigenvalue weighted by molar-refractivity contribution is 6.41. The quantitative estimate of drug-likeness (QED) is 0.0628. The average Bonchev–Trinajstić information content (AvgIpc) is 0.815. The van der Waals surface area contributed by atoms with E-state index in [1.165, 1.54) is 182 Å². The molecule has 112 heavy (non-hydrogen) atoms. The summed E-state index contributed by atoms with van der Waals surface area (Å²) in [6.07, 6.45) is 31.1. The Kier molecular flexibility index (Phi) is 31.5. The van der Waals surface area contributed by atoms with Crippen LogP contribution in [0, 0.1) is 71.0 Å². The van der Waals surface area contributed by atoms with Crippen LogP contribution in [0.5, 0.6) is 0 Å². The van der Waals surface area contributed by atoms with Crippen molar-refractivity contribution in [2.75, 3.05) is 80.2 Å². The second-order valence-corrected chi connectivity index (χ2v) is 31.9. The van der Waals surface area contributed by atoms with E-state index >= 15 is 0 Å². The number of aromatic nitrogens is 4. The van der Waals surface area contributed by atoms with Gasteiger partial charge in [0, 0.05) is 84.1 Å². The van der Waals surface area contributed by atoms with Crippen molar-refractivity contribution in [2.45, 2.75) is 157 Å². The number of nitrogens with two attached hydrogens (primary N) is 4. The number of primary amides is 4. The zero-order valence-corrected chi connectivity index (χ0v) is 65.5. The molecule has 5 aliphatic heterocycles. The summed E-state index contributed by atoms with van der Waals surface area (Å²) < 4.78 is 0. The molecule has 9 aliphatic rings. The monoisotopic (exact) mass is 1540 g/mol. The maximum atomic E-state index is 12.5. The van der Waals surface area contributed by atoms with E-state index in [1.807, 2.05) is 0 Å². The lowest BCUT2D eigenvalue weighted by Gasteiger charge is -2.45. The number of piperidine rings is 4. The highest BCUT2D eigenvalue weighted by Gasteiger charge is 2.42. The molecule has 9 heterocycles. The van der Waals surface area contributed by atoms with E-state index in [0.29, 0.717) is 98.4 Å². The number of Topliss-reactive ketones (excluding diaryl/α,β-unsaturated/α-hetero) is 1. The number of fused-ring (bicyclic) bond motifs is 5. The summed E-state index contributed by atoms with van der Waals surface area (Å²) in [6.45, 7) is 20.9. The van der Waals surface area contributed by atoms with Gasteiger partial charge in [-0.15, -0.1) is 0 Å². The number of hydrogen-bond acceptors (Lipinski definition) is 18. The van der Waals surface area contributed by atoms with Crippen molar-refractivity contribution in [3.8, 4) is 0 Å². The molecule has 14 N–H and O–H groups in total. The van der Waals surface area contributed by atoms with Gasteiger partial charge in [-0.2, -0.15) is 0 Å². The Hall–Kier alpha value is -10.4. The summed E-state index contributed by atoms with van der Waals surface area (Å²) in [5.74, 6) is 0.770. The molecule has 4 unspecified atom stereocenters. The molecular weight excluding hydrogens is 1430 g/mol. The highest BCUT2D eigenvalue weighted by atomic mass is 16.2. The van der Waals surface area contributed by atoms with Crippen LogP contribution in [-0.4, -0.2) is 164 Å². The van der Waals surface area contributed by atoms with Crippen LogP contribution in [0.4, 0.5) is 22.7 Å². The smallest absolute Gasteiger partial charge is 0.313 e. The summed E-state index contributed by atoms with van der Waals surface area (Å²) in [4.78, 5) is 161. The second-order valence-electron chi connectivity index (χ2n) is 31.9. The number of nitrogens with one attached hydrogen (secondary N) is 6. The normalized spacial score (nSPS) is 25.2. The van der Waals surface area contributed by atoms with Crippen molar-refractivity contribution in [2.24, 2.45) is 93.9 Å². The number of carbonyl (C=O) groups is 12. The Bertz CT molecular complexity index is 3900. The van der Waals surface area contributed by atoms with Gasteiger partial charge in [-0.1, -0.05) is 110 Å². The van der Waals surface area contributed by atoms with Crippen molar-refractivity contribution >= 4 is 93.5 Å². The number of anilines is 4. The topological polar surface area (TPSA) is 442 Å². The Morgan fingerprint density at radius 1 is 0.366 bits per heavy atom. The van der Waals surface area contributed by atoms with Gasteiger partial charge in [-0.3, -0.25) is 77.5 Å². The molecule has 4 aromatic heterocycles. The van der Waals surface area contributed by atoms with Crippen molar-refractivity contribution in [1.29, 1.82) is 0 Å². The lowest BCUT2D eigenvalue weighted by molar-refractivity contribution is -0.146. The van der Waals surface area contributed by atoms with Gasteiger partial charge in [0.15, 0.2) is 0 Å². The standard InChI is InChI=1S/3C18H24N4O3.C10H19N.C10H13N.C9H9N3O3/c3*1-11-9-22(10-12-4-2-3-5-15(11)12)18(25)17(24)21-14-6-13(16(19)23)7-20-8-14;2*1-8-6-11-7-9-4-2-3-5-10(8)9;1-5(13)9(15)12-7-2-6(8(10)14)3-11-4-7/h3*6-8,11-12,15H,2-5,9-10H2,1H3,(H2,19,23)(H,21,24);8-11H,2-7H2,1H3;2-5,8,11H,6-7H2,1H3;2-4H,1H3,(H2,10,14)(H,12,15)/t11-,12+,15-;11-,12-,15+;11-,12-,15-;;;/m111.../s1. The molecular formula is C83H113N17O12. The maximum Gasteiger partial charge on any atom is 0.313 e. The minimum atomic E-state index is -0.765. The molecule has 4 aliphatic carbocycles. The SMILES string of the molecule is CC(=O)C(=O)Nc1cncc(C(N)=O)c1.CC1CNCC2CCCCC12.CC1CNCc2ccccc21.C[C@@H]1CN(C(=O)C(=O)Nc2cncc(C(N)=O)c2)C[C@@H]2CCCC[C@@H]21.C[C@@H]1CN(C(=O)C(=O)Nc2cncc(C(N)=O)c2)C[C@H]2CCCC[C@@H]21.C[C@@H]1CN(C(=O)C(=O)Nc2cncc(C(N)=O)c2)C[C@H]2CCCC[C@H]21. The minimum Gasteiger partial charge on any atom is -0.366 e. The van der Waals surface area contributed by atoms with Crippen LogP contribution in [0.25, 0.3) is 0 Å². The molecule has 14 rings (SSSR count). The van der Waals surface area contributed by atoms with Crippen LogP contribution in [0.3, 0.4) is 0 Å². The number of nitrogens with zero attached hydrogens (tertiary/aromatic N) is 7. The van der Waals surface area contributed by atoms with Crippen LogP contribution in [-0.2, 0) is 44.9 Å². The highest BCUT2D eigenvalue weighted by Crippen LogP contribution is 2.43. The summed E-state index contributed by atoms with van der Waals surface area (Å²) in [7, 11) is 0. The van der Waals surface area contributed by atoms with Crippen LogP contribution in [0.15, 0.2) is 98.1 Å². The Labute approximate surface area is 655 Å². The first-order valence-corrected chi connectivity index (χ1v) is 39.7. The molecule has 0 bridgehead atoms. The van der Waals surface area contributed by atoms with Crippen LogP contribution in [0.2, 0.25) is 0 Å². The first-order valence-electron chi connectivity index (χ1n) is 39.7. The van der Waals surface area contributed by atoms with E-state index in [9.17, 15) is 57.5 Å². The third-order valence-corrected chi connectivity index (χ3v) is 23.8. The second kappa shape index (κ2) is 41.2. The molecule has 29 heteroatoms. The summed E-state index contributed by atoms with van der Waals surface area (Å²) in [6, 6.07) is 14.3. The molecule has 0 spiro atoms. The molecule has 602 valence electrons. The summed E-state index contributed by atoms with van der Waals surface area (Å²) >= 11 is 0. The van der Waals surface area contributed by atoms with Gasteiger partial charge in [-0.25, -0.2) is 0 Å². The average molecular weight is 1540 g/mol. The van der Waals surface area contributed by atoms with Crippen LogP contribution >= 0.6 is 0 Å². The van der Waals surface area contributed by atoms with E-state index in [-0.39, 0.29) is 45.0 Å². The Balaban J connectivity index is 0.000000159. The molecule has 29 nitrogen and oxygen atoms in total. The predicted octanol–water partition coefficient (Wildman–Crippen LogP) is 7.84. The third kappa shape index (κ3) is 24.1. The molecule has 4 saturated carbocycles. The number of amides is 11. The molecule has 0 radical (unpaired) electrons. The molecule has 4 saturated heterocycles. The molecule has 11 amide bonds. The lowest BCUT2D eigenvalue weighted by Crippen LogP contribution is -2.51. The fourth-order valence-electron chi connectivity index (χ4n) is 18.0. The largest absolute Gasteiger partial charge is 0.366 e. The van der Waals surface area contributed by atoms with E-state index in [1.54, 1.807) is 14.7 Å². The number of likely N-dealkylation sites (tertiary alicyclic amines) is 3. The fraction of sp³-hybridized carbons (Fsp3) is 0.542. The summed E-state index contributed by atoms with van der Waals surface area (Å²) in [5.41, 5.74) is 25.4. The van der Waals surface area contributed by atoms with Gasteiger partial charge >= 0.3 is 35.4 Å². The van der Waals surface area contributed by atoms with Crippen molar-refractivity contribution in [3.05, 3.63) is 131 Å². The fourth-order valence-corrected chi connectivity index (χ4v) is 18.0. The zero-order chi connectivity index (χ0) is 80.7. The van der Waals surface area contributed by atoms with Gasteiger partial charge in [0.1, 0.15) is 0 Å². The number of hydrogen-bond donors (Lipinski definition) is 10. The van der Waals surface area contributed by atoms with Gasteiger partial charge in [0.05, 0.1) is 69.8 Å². The third-order valence-electron chi connectivity index (χ3n) is 23.8. The number of ketones is 1. The minimum absolute atomic E-state index is 0.163. The van der Waals surface area contributed by atoms with Crippen molar-refractivity contribution in [1.82, 2.24) is 45.3 Å². The Morgan fingerprint density at radius 2 is 0.679 bits per heavy atom. The summed E-state index contributed by atoms with van der Waals surface area (Å²) in [5, 5.41) is 16.8. The van der Waals surface area contributed by atoms with E-state index < -0.39 is 70.8 Å². The van der Waals surface area contributed by atoms with Gasteiger partial charge in [0.2, 0.25) is 29.4 Å². The lowest BCUT2D eigenvalue weighted by atomic mass is 9.70. The van der Waals surface area contributed by atoms with Crippen LogP contribution in [0.1, 0.15) is 203 Å². The molecule has 8 fully saturated rings.